The predicted molar refractivity (Wildman–Crippen MR) is 99.2 cm³/mol. The topological polar surface area (TPSA) is 59.1 Å². The largest absolute Gasteiger partial charge is 0.479 e. The Bertz CT molecular complexity index is 1080. The Hall–Kier alpha value is -3.34. The zero-order valence-corrected chi connectivity index (χ0v) is 16.5. The molecule has 0 N–H and O–H groups in total. The van der Waals surface area contributed by atoms with Gasteiger partial charge in [0.25, 0.3) is 5.91 Å². The fourth-order valence-electron chi connectivity index (χ4n) is 3.31. The van der Waals surface area contributed by atoms with Crippen molar-refractivity contribution in [1.82, 2.24) is 9.80 Å². The molecule has 1 aliphatic rings. The quantitative estimate of drug-likeness (QED) is 0.318. The van der Waals surface area contributed by atoms with Crippen LogP contribution in [-0.4, -0.2) is 41.9 Å². The fourth-order valence-corrected chi connectivity index (χ4v) is 3.31. The molecule has 1 amide bonds. The van der Waals surface area contributed by atoms with Crippen LogP contribution in [0.25, 0.3) is 0 Å². The molecule has 0 aliphatic carbocycles. The molecule has 4 rings (SSSR count). The van der Waals surface area contributed by atoms with Gasteiger partial charge in [0.15, 0.2) is 11.5 Å². The van der Waals surface area contributed by atoms with E-state index in [4.69, 9.17) is 13.6 Å². The fraction of sp³-hybridized carbons (Fsp3) is 0.286. The lowest BCUT2D eigenvalue weighted by Gasteiger charge is -2.33. The maximum absolute atomic E-state index is 13.7. The van der Waals surface area contributed by atoms with E-state index in [0.29, 0.717) is 32.7 Å². The molecule has 11 heteroatoms. The first-order chi connectivity index (χ1) is 15.3. The van der Waals surface area contributed by atoms with Crippen LogP contribution in [0, 0.1) is 29.1 Å². The van der Waals surface area contributed by atoms with Gasteiger partial charge in [0.2, 0.25) is 29.1 Å². The van der Waals surface area contributed by atoms with E-state index < -0.39 is 41.4 Å². The van der Waals surface area contributed by atoms with Gasteiger partial charge in [0.05, 0.1) is 12.8 Å². The van der Waals surface area contributed by atoms with Crippen LogP contribution in [0.15, 0.2) is 39.4 Å². The molecule has 6 nitrogen and oxygen atoms in total. The third kappa shape index (κ3) is 4.33. The minimum atomic E-state index is -2.28. The highest BCUT2D eigenvalue weighted by atomic mass is 19.2. The monoisotopic (exact) mass is 456 g/mol. The second kappa shape index (κ2) is 9.03. The summed E-state index contributed by atoms with van der Waals surface area (Å²) in [6, 6.07) is 6.36. The van der Waals surface area contributed by atoms with E-state index in [0.717, 1.165) is 5.76 Å². The number of carbonyl (C=O) groups is 1. The number of rotatable bonds is 6. The molecule has 0 radical (unpaired) electrons. The van der Waals surface area contributed by atoms with E-state index in [1.807, 2.05) is 6.07 Å². The number of piperazine rings is 1. The van der Waals surface area contributed by atoms with Crippen LogP contribution in [0.4, 0.5) is 22.0 Å². The van der Waals surface area contributed by atoms with Crippen molar-refractivity contribution in [3.05, 3.63) is 76.9 Å². The van der Waals surface area contributed by atoms with Crippen LogP contribution in [-0.2, 0) is 13.2 Å². The zero-order valence-electron chi connectivity index (χ0n) is 16.5. The number of furan rings is 2. The molecule has 0 atom stereocenters. The van der Waals surface area contributed by atoms with Crippen molar-refractivity contribution in [3.8, 4) is 5.75 Å². The number of nitrogens with zero attached hydrogens (tertiary/aromatic N) is 2. The second-order valence-corrected chi connectivity index (χ2v) is 7.10. The summed E-state index contributed by atoms with van der Waals surface area (Å²) in [7, 11) is 0. The van der Waals surface area contributed by atoms with Gasteiger partial charge in [0.1, 0.15) is 18.1 Å². The molecular formula is C21H17F5N2O4. The predicted octanol–water partition coefficient (Wildman–Crippen LogP) is 4.11. The van der Waals surface area contributed by atoms with Crippen molar-refractivity contribution in [2.45, 2.75) is 13.2 Å². The second-order valence-electron chi connectivity index (χ2n) is 7.10. The van der Waals surface area contributed by atoms with Crippen molar-refractivity contribution >= 4 is 5.91 Å². The van der Waals surface area contributed by atoms with Gasteiger partial charge in [-0.2, -0.15) is 8.78 Å². The van der Waals surface area contributed by atoms with Crippen molar-refractivity contribution in [1.29, 1.82) is 0 Å². The average molecular weight is 456 g/mol. The van der Waals surface area contributed by atoms with Gasteiger partial charge in [-0.1, -0.05) is 0 Å². The zero-order chi connectivity index (χ0) is 22.8. The van der Waals surface area contributed by atoms with Crippen LogP contribution in [0.1, 0.15) is 22.1 Å². The van der Waals surface area contributed by atoms with Gasteiger partial charge in [-0.15, -0.1) is 0 Å². The third-order valence-corrected chi connectivity index (χ3v) is 5.02. The summed E-state index contributed by atoms with van der Waals surface area (Å²) in [6.45, 7) is 2.16. The van der Waals surface area contributed by atoms with E-state index in [2.05, 4.69) is 4.90 Å². The molecule has 3 heterocycles. The van der Waals surface area contributed by atoms with Crippen LogP contribution in [0.2, 0.25) is 0 Å². The minimum Gasteiger partial charge on any atom is -0.479 e. The van der Waals surface area contributed by atoms with Crippen LogP contribution in [0.3, 0.4) is 0 Å². The Balaban J connectivity index is 1.35. The summed E-state index contributed by atoms with van der Waals surface area (Å²) in [4.78, 5) is 16.4. The molecule has 170 valence electrons. The van der Waals surface area contributed by atoms with Crippen molar-refractivity contribution < 1.29 is 40.3 Å². The van der Waals surface area contributed by atoms with E-state index in [-0.39, 0.29) is 17.4 Å². The average Bonchev–Trinajstić information content (AvgIpc) is 3.49. The third-order valence-electron chi connectivity index (χ3n) is 5.02. The summed E-state index contributed by atoms with van der Waals surface area (Å²) >= 11 is 0. The summed E-state index contributed by atoms with van der Waals surface area (Å²) in [5, 5.41) is 0. The molecule has 2 aromatic heterocycles. The highest BCUT2D eigenvalue weighted by Crippen LogP contribution is 2.30. The lowest BCUT2D eigenvalue weighted by atomic mass is 10.2. The summed E-state index contributed by atoms with van der Waals surface area (Å²) < 4.78 is 82.4. The lowest BCUT2D eigenvalue weighted by Crippen LogP contribution is -2.48. The number of ether oxygens (including phenoxy) is 1. The molecular weight excluding hydrogens is 439 g/mol. The lowest BCUT2D eigenvalue weighted by molar-refractivity contribution is 0.0586. The van der Waals surface area contributed by atoms with Crippen LogP contribution in [0.5, 0.6) is 5.75 Å². The van der Waals surface area contributed by atoms with Gasteiger partial charge in [-0.25, -0.2) is 13.2 Å². The van der Waals surface area contributed by atoms with E-state index in [9.17, 15) is 26.7 Å². The number of hydrogen-bond donors (Lipinski definition) is 0. The normalized spacial score (nSPS) is 14.7. The van der Waals surface area contributed by atoms with Crippen LogP contribution < -0.4 is 4.74 Å². The molecule has 0 bridgehead atoms. The van der Waals surface area contributed by atoms with E-state index >= 15 is 0 Å². The van der Waals surface area contributed by atoms with Gasteiger partial charge >= 0.3 is 0 Å². The Morgan fingerprint density at radius 1 is 0.875 bits per heavy atom. The summed E-state index contributed by atoms with van der Waals surface area (Å²) in [6.07, 6.45) is 1.60. The first-order valence-electron chi connectivity index (χ1n) is 9.62. The highest BCUT2D eigenvalue weighted by molar-refractivity contribution is 5.91. The number of amides is 1. The molecule has 1 aliphatic heterocycles. The molecule has 1 saturated heterocycles. The number of carbonyl (C=O) groups excluding carboxylic acids is 1. The Morgan fingerprint density at radius 2 is 1.53 bits per heavy atom. The molecule has 1 fully saturated rings. The Morgan fingerprint density at radius 3 is 2.16 bits per heavy atom. The maximum Gasteiger partial charge on any atom is 0.289 e. The summed E-state index contributed by atoms with van der Waals surface area (Å²) in [5.41, 5.74) is 0. The van der Waals surface area contributed by atoms with Crippen molar-refractivity contribution in [2.75, 3.05) is 26.2 Å². The number of benzene rings is 1. The number of halogens is 5. The summed E-state index contributed by atoms with van der Waals surface area (Å²) in [5.74, 6) is -11.7. The first-order valence-corrected chi connectivity index (χ1v) is 9.62. The standard InChI is InChI=1S/C21H17F5N2O4/c22-15-16(23)18(25)20(19(26)17(15)24)31-11-13-3-4-14(32-13)21(29)28-7-5-27(6-8-28)10-12-2-1-9-30-12/h1-4,9H,5-8,10-11H2. The van der Waals surface area contributed by atoms with Crippen molar-refractivity contribution in [3.63, 3.8) is 0 Å². The van der Waals surface area contributed by atoms with Gasteiger partial charge in [-0.3, -0.25) is 9.69 Å². The van der Waals surface area contributed by atoms with Gasteiger partial charge in [0, 0.05) is 26.2 Å². The molecule has 1 aromatic carbocycles. The Kier molecular flexibility index (Phi) is 6.17. The van der Waals surface area contributed by atoms with Gasteiger partial charge in [-0.05, 0) is 24.3 Å². The molecule has 0 saturated carbocycles. The van der Waals surface area contributed by atoms with Crippen LogP contribution >= 0.6 is 0 Å². The van der Waals surface area contributed by atoms with Gasteiger partial charge < -0.3 is 18.5 Å². The maximum atomic E-state index is 13.7. The SMILES string of the molecule is O=C(c1ccc(COc2c(F)c(F)c(F)c(F)c2F)o1)N1CCN(Cc2ccco2)CC1. The molecule has 0 spiro atoms. The molecule has 3 aromatic rings. The van der Waals surface area contributed by atoms with E-state index in [1.54, 1.807) is 17.2 Å². The minimum absolute atomic E-state index is 0.0197. The number of hydrogen-bond acceptors (Lipinski definition) is 5. The smallest absolute Gasteiger partial charge is 0.289 e. The Labute approximate surface area is 178 Å². The van der Waals surface area contributed by atoms with Crippen molar-refractivity contribution in [2.24, 2.45) is 0 Å². The molecule has 0 unspecified atom stereocenters. The van der Waals surface area contributed by atoms with E-state index in [1.165, 1.54) is 12.1 Å². The first kappa shape index (κ1) is 21.9. The highest BCUT2D eigenvalue weighted by Gasteiger charge is 2.28. The molecule has 32 heavy (non-hydrogen) atoms.